The van der Waals surface area contributed by atoms with Crippen LogP contribution >= 0.6 is 15.9 Å². The van der Waals surface area contributed by atoms with Gasteiger partial charge in [-0.15, -0.1) is 0 Å². The van der Waals surface area contributed by atoms with Gasteiger partial charge in [0.1, 0.15) is 4.90 Å². The van der Waals surface area contributed by atoms with E-state index in [1.54, 1.807) is 12.1 Å². The molecule has 1 aromatic carbocycles. The molecule has 1 saturated carbocycles. The molecular formula is C12H17BrN2O3S. The highest BCUT2D eigenvalue weighted by Crippen LogP contribution is 2.25. The largest absolute Gasteiger partial charge is 0.398 e. The van der Waals surface area contributed by atoms with Gasteiger partial charge in [-0.3, -0.25) is 0 Å². The number of aliphatic hydroxyl groups excluding tert-OH is 1. The highest BCUT2D eigenvalue weighted by Gasteiger charge is 2.25. The van der Waals surface area contributed by atoms with Gasteiger partial charge in [0, 0.05) is 10.5 Å². The van der Waals surface area contributed by atoms with Crippen molar-refractivity contribution >= 4 is 31.6 Å². The molecule has 4 N–H and O–H groups in total. The molecule has 106 valence electrons. The van der Waals surface area contributed by atoms with Gasteiger partial charge in [-0.05, 0) is 43.9 Å². The zero-order valence-corrected chi connectivity index (χ0v) is 12.7. The van der Waals surface area contributed by atoms with E-state index in [-0.39, 0.29) is 22.7 Å². The Labute approximate surface area is 121 Å². The molecule has 0 heterocycles. The smallest absolute Gasteiger partial charge is 0.242 e. The molecule has 0 aliphatic heterocycles. The van der Waals surface area contributed by atoms with Crippen LogP contribution in [0.2, 0.25) is 0 Å². The van der Waals surface area contributed by atoms with E-state index in [1.165, 1.54) is 6.07 Å². The van der Waals surface area contributed by atoms with Gasteiger partial charge >= 0.3 is 0 Å². The number of hydrogen-bond donors (Lipinski definition) is 3. The fraction of sp³-hybridized carbons (Fsp3) is 0.500. The number of nitrogen functional groups attached to an aromatic ring is 1. The third-order valence-corrected chi connectivity index (χ3v) is 5.37. The van der Waals surface area contributed by atoms with Crippen LogP contribution < -0.4 is 10.5 Å². The van der Waals surface area contributed by atoms with Gasteiger partial charge in [0.2, 0.25) is 10.0 Å². The molecular weight excluding hydrogens is 332 g/mol. The van der Waals surface area contributed by atoms with Crippen LogP contribution in [0.3, 0.4) is 0 Å². The van der Waals surface area contributed by atoms with Crippen molar-refractivity contribution in [2.75, 3.05) is 5.73 Å². The molecule has 7 heteroatoms. The lowest BCUT2D eigenvalue weighted by Gasteiger charge is -2.26. The Kier molecular flexibility index (Phi) is 4.50. The summed E-state index contributed by atoms with van der Waals surface area (Å²) in [6.45, 7) is 0. The average molecular weight is 349 g/mol. The van der Waals surface area contributed by atoms with Crippen molar-refractivity contribution in [1.29, 1.82) is 0 Å². The summed E-state index contributed by atoms with van der Waals surface area (Å²) in [6.07, 6.45) is 2.25. The number of rotatable bonds is 3. The van der Waals surface area contributed by atoms with E-state index in [0.29, 0.717) is 25.7 Å². The number of nitrogens with two attached hydrogens (primary N) is 1. The summed E-state index contributed by atoms with van der Waals surface area (Å²) in [5, 5.41) is 9.41. The van der Waals surface area contributed by atoms with Gasteiger partial charge in [0.15, 0.2) is 0 Å². The van der Waals surface area contributed by atoms with E-state index < -0.39 is 10.0 Å². The molecule has 0 bridgehead atoms. The van der Waals surface area contributed by atoms with Crippen molar-refractivity contribution in [3.63, 3.8) is 0 Å². The van der Waals surface area contributed by atoms with E-state index in [0.717, 1.165) is 4.47 Å². The van der Waals surface area contributed by atoms with Crippen molar-refractivity contribution in [1.82, 2.24) is 4.72 Å². The van der Waals surface area contributed by atoms with Crippen LogP contribution in [-0.4, -0.2) is 25.7 Å². The van der Waals surface area contributed by atoms with E-state index in [9.17, 15) is 13.5 Å². The van der Waals surface area contributed by atoms with Crippen molar-refractivity contribution in [3.8, 4) is 0 Å². The number of nitrogens with one attached hydrogen (secondary N) is 1. The Bertz CT molecular complexity index is 554. The molecule has 0 saturated heterocycles. The standard InChI is InChI=1S/C12H17BrN2O3S/c13-8-1-6-12(11(14)7-8)19(17,18)15-9-2-4-10(16)5-3-9/h1,6-7,9-10,15-16H,2-5,14H2. The zero-order chi connectivity index (χ0) is 14.0. The van der Waals surface area contributed by atoms with Crippen LogP contribution in [0.4, 0.5) is 5.69 Å². The molecule has 0 aromatic heterocycles. The topological polar surface area (TPSA) is 92.4 Å². The molecule has 0 unspecified atom stereocenters. The monoisotopic (exact) mass is 348 g/mol. The van der Waals surface area contributed by atoms with Gasteiger partial charge in [0.25, 0.3) is 0 Å². The number of sulfonamides is 1. The predicted molar refractivity (Wildman–Crippen MR) is 77.1 cm³/mol. The molecule has 1 aliphatic rings. The van der Waals surface area contributed by atoms with Gasteiger partial charge in [0.05, 0.1) is 11.8 Å². The normalized spacial score (nSPS) is 24.3. The van der Waals surface area contributed by atoms with Crippen molar-refractivity contribution < 1.29 is 13.5 Å². The molecule has 19 heavy (non-hydrogen) atoms. The maximum atomic E-state index is 12.2. The first kappa shape index (κ1) is 14.8. The van der Waals surface area contributed by atoms with Crippen molar-refractivity contribution in [2.45, 2.75) is 42.7 Å². The maximum absolute atomic E-state index is 12.2. The van der Waals surface area contributed by atoms with Crippen LogP contribution in [-0.2, 0) is 10.0 Å². The predicted octanol–water partition coefficient (Wildman–Crippen LogP) is 1.61. The molecule has 0 radical (unpaired) electrons. The highest BCUT2D eigenvalue weighted by molar-refractivity contribution is 9.10. The van der Waals surface area contributed by atoms with E-state index in [2.05, 4.69) is 20.7 Å². The Balaban J connectivity index is 2.14. The molecule has 2 rings (SSSR count). The summed E-state index contributed by atoms with van der Waals surface area (Å²) in [6, 6.07) is 4.57. The molecule has 1 aromatic rings. The first-order valence-corrected chi connectivity index (χ1v) is 8.41. The maximum Gasteiger partial charge on any atom is 0.242 e. The first-order valence-electron chi connectivity index (χ1n) is 6.14. The lowest BCUT2D eigenvalue weighted by Crippen LogP contribution is -2.38. The number of hydrogen-bond acceptors (Lipinski definition) is 4. The summed E-state index contributed by atoms with van der Waals surface area (Å²) >= 11 is 3.25. The summed E-state index contributed by atoms with van der Waals surface area (Å²) in [7, 11) is -3.60. The third-order valence-electron chi connectivity index (χ3n) is 3.28. The summed E-state index contributed by atoms with van der Waals surface area (Å²) < 4.78 is 27.9. The molecule has 0 spiro atoms. The lowest BCUT2D eigenvalue weighted by molar-refractivity contribution is 0.120. The molecule has 5 nitrogen and oxygen atoms in total. The fourth-order valence-corrected chi connectivity index (χ4v) is 4.04. The minimum atomic E-state index is -3.60. The number of halogens is 1. The Morgan fingerprint density at radius 3 is 2.47 bits per heavy atom. The molecule has 0 atom stereocenters. The van der Waals surface area contributed by atoms with E-state index in [4.69, 9.17) is 5.73 Å². The summed E-state index contributed by atoms with van der Waals surface area (Å²) in [4.78, 5) is 0.0989. The number of aliphatic hydroxyl groups is 1. The number of anilines is 1. The second-order valence-electron chi connectivity index (χ2n) is 4.81. The quantitative estimate of drug-likeness (QED) is 0.723. The minimum absolute atomic E-state index is 0.0989. The second kappa shape index (κ2) is 5.78. The summed E-state index contributed by atoms with van der Waals surface area (Å²) in [5.41, 5.74) is 5.97. The zero-order valence-electron chi connectivity index (χ0n) is 10.3. The van der Waals surface area contributed by atoms with E-state index in [1.807, 2.05) is 0 Å². The Morgan fingerprint density at radius 1 is 1.26 bits per heavy atom. The Hall–Kier alpha value is -0.630. The Morgan fingerprint density at radius 2 is 1.89 bits per heavy atom. The van der Waals surface area contributed by atoms with E-state index >= 15 is 0 Å². The average Bonchev–Trinajstić information content (AvgIpc) is 2.31. The SMILES string of the molecule is Nc1cc(Br)ccc1S(=O)(=O)NC1CCC(O)CC1. The van der Waals surface area contributed by atoms with Gasteiger partial charge < -0.3 is 10.8 Å². The third kappa shape index (κ3) is 3.68. The van der Waals surface area contributed by atoms with Crippen molar-refractivity contribution in [2.24, 2.45) is 0 Å². The van der Waals surface area contributed by atoms with Crippen LogP contribution in [0.1, 0.15) is 25.7 Å². The molecule has 1 fully saturated rings. The van der Waals surface area contributed by atoms with Crippen LogP contribution in [0.15, 0.2) is 27.6 Å². The van der Waals surface area contributed by atoms with Gasteiger partial charge in [-0.25, -0.2) is 13.1 Å². The fourth-order valence-electron chi connectivity index (χ4n) is 2.24. The van der Waals surface area contributed by atoms with Crippen LogP contribution in [0, 0.1) is 0 Å². The van der Waals surface area contributed by atoms with Crippen LogP contribution in [0.25, 0.3) is 0 Å². The number of benzene rings is 1. The molecule has 1 aliphatic carbocycles. The molecule has 0 amide bonds. The minimum Gasteiger partial charge on any atom is -0.398 e. The highest BCUT2D eigenvalue weighted by atomic mass is 79.9. The lowest BCUT2D eigenvalue weighted by atomic mass is 9.94. The van der Waals surface area contributed by atoms with Gasteiger partial charge in [-0.2, -0.15) is 0 Å². The van der Waals surface area contributed by atoms with Crippen molar-refractivity contribution in [3.05, 3.63) is 22.7 Å². The van der Waals surface area contributed by atoms with Gasteiger partial charge in [-0.1, -0.05) is 15.9 Å². The second-order valence-corrected chi connectivity index (χ2v) is 7.41. The summed E-state index contributed by atoms with van der Waals surface area (Å²) in [5.74, 6) is 0. The first-order chi connectivity index (χ1) is 8.88. The van der Waals surface area contributed by atoms with Crippen LogP contribution in [0.5, 0.6) is 0 Å².